The number of rotatable bonds is 8. The lowest BCUT2D eigenvalue weighted by molar-refractivity contribution is -0.337. The van der Waals surface area contributed by atoms with Crippen molar-refractivity contribution in [2.24, 2.45) is 11.8 Å². The molecule has 36 heavy (non-hydrogen) atoms. The number of halogens is 5. The highest BCUT2D eigenvalue weighted by molar-refractivity contribution is 6.18. The van der Waals surface area contributed by atoms with E-state index in [9.17, 15) is 33.0 Å². The Balaban J connectivity index is 0.000000338. The molecule has 0 aromatic heterocycles. The molecule has 210 valence electrons. The highest BCUT2D eigenvalue weighted by atomic mass is 35.5. The van der Waals surface area contributed by atoms with Gasteiger partial charge in [-0.15, -0.1) is 23.2 Å². The number of hydrogen-bond acceptors (Lipinski definition) is 10. The first-order valence-corrected chi connectivity index (χ1v) is 10.8. The number of carbonyl (C=O) groups is 3. The molecule has 3 N–H and O–H groups in total. The van der Waals surface area contributed by atoms with Gasteiger partial charge in [0, 0.05) is 28.4 Å². The minimum Gasteiger partial charge on any atom is -0.481 e. The molecule has 3 aliphatic rings. The van der Waals surface area contributed by atoms with E-state index in [1.807, 2.05) is 0 Å². The van der Waals surface area contributed by atoms with Crippen molar-refractivity contribution < 1.29 is 76.0 Å². The Morgan fingerprint density at radius 2 is 1.19 bits per heavy atom. The lowest BCUT2D eigenvalue weighted by Crippen LogP contribution is -2.50. The molecule has 3 aliphatic heterocycles. The second kappa shape index (κ2) is 12.8. The molecule has 2 bridgehead atoms. The molecule has 0 aromatic carbocycles. The smallest absolute Gasteiger partial charge is 0.481 e. The van der Waals surface area contributed by atoms with Crippen LogP contribution in [0.2, 0.25) is 0 Å². The number of alkyl halides is 5. The zero-order valence-electron chi connectivity index (χ0n) is 19.2. The minimum absolute atomic E-state index is 0.120. The summed E-state index contributed by atoms with van der Waals surface area (Å²) in [5.74, 6) is -10.1. The van der Waals surface area contributed by atoms with Crippen LogP contribution in [0.15, 0.2) is 0 Å². The lowest BCUT2D eigenvalue weighted by atomic mass is 9.76. The van der Waals surface area contributed by atoms with Crippen molar-refractivity contribution in [1.82, 2.24) is 0 Å². The molecule has 7 atom stereocenters. The van der Waals surface area contributed by atoms with Crippen LogP contribution >= 0.6 is 23.2 Å². The number of carboxylic acid groups (broad SMARTS) is 3. The van der Waals surface area contributed by atoms with Crippen molar-refractivity contribution in [2.75, 3.05) is 40.2 Å². The number of carboxylic acids is 3. The molecule has 5 unspecified atom stereocenters. The summed E-state index contributed by atoms with van der Waals surface area (Å²) in [6.45, 7) is 0. The van der Waals surface area contributed by atoms with E-state index in [0.717, 1.165) is 0 Å². The van der Waals surface area contributed by atoms with E-state index in [1.165, 1.54) is 28.4 Å². The van der Waals surface area contributed by atoms with E-state index in [2.05, 4.69) is 0 Å². The third-order valence-corrected chi connectivity index (χ3v) is 6.05. The van der Waals surface area contributed by atoms with Crippen LogP contribution in [-0.4, -0.2) is 116 Å². The van der Waals surface area contributed by atoms with Gasteiger partial charge in [0.2, 0.25) is 0 Å². The molecule has 18 heteroatoms. The predicted molar refractivity (Wildman–Crippen MR) is 109 cm³/mol. The van der Waals surface area contributed by atoms with Crippen LogP contribution in [0.25, 0.3) is 0 Å². The third kappa shape index (κ3) is 6.87. The summed E-state index contributed by atoms with van der Waals surface area (Å²) < 4.78 is 67.8. The van der Waals surface area contributed by atoms with E-state index >= 15 is 0 Å². The zero-order chi connectivity index (χ0) is 28.1. The first-order valence-electron chi connectivity index (χ1n) is 9.72. The molecule has 3 heterocycles. The molecule has 3 fully saturated rings. The molecular formula is C18H25Cl2F3O13. The van der Waals surface area contributed by atoms with Gasteiger partial charge in [-0.05, 0) is 0 Å². The summed E-state index contributed by atoms with van der Waals surface area (Å²) in [4.78, 5) is 31.5. The molecule has 0 aliphatic carbocycles. The second-order valence-electron chi connectivity index (χ2n) is 7.21. The number of methoxy groups -OCH3 is 4. The SMILES string of the molecule is COC(CCl)(OC)OC.COC1(CCl)OC2C3O[C@@H](C(C(=O)O)C3C(=O)O)[C@H]2O1.O=C(O)C(F)(F)F. The number of ether oxygens (including phenoxy) is 7. The van der Waals surface area contributed by atoms with E-state index in [1.54, 1.807) is 0 Å². The summed E-state index contributed by atoms with van der Waals surface area (Å²) in [5.41, 5.74) is 0. The zero-order valence-corrected chi connectivity index (χ0v) is 20.7. The minimum atomic E-state index is -5.08. The van der Waals surface area contributed by atoms with Crippen molar-refractivity contribution >= 4 is 41.1 Å². The van der Waals surface area contributed by atoms with E-state index in [-0.39, 0.29) is 11.8 Å². The Hall–Kier alpha value is -1.50. The molecule has 3 saturated heterocycles. The third-order valence-electron chi connectivity index (χ3n) is 5.40. The highest BCUT2D eigenvalue weighted by Crippen LogP contribution is 2.51. The van der Waals surface area contributed by atoms with Gasteiger partial charge in [0.05, 0.1) is 0 Å². The molecule has 13 nitrogen and oxygen atoms in total. The molecule has 0 spiro atoms. The fourth-order valence-electron chi connectivity index (χ4n) is 3.62. The van der Waals surface area contributed by atoms with Crippen molar-refractivity contribution in [3.63, 3.8) is 0 Å². The van der Waals surface area contributed by atoms with Gasteiger partial charge in [0.15, 0.2) is 0 Å². The second-order valence-corrected chi connectivity index (χ2v) is 7.75. The maximum absolute atomic E-state index is 11.3. The summed E-state index contributed by atoms with van der Waals surface area (Å²) in [7, 11) is 5.75. The molecule has 0 amide bonds. The van der Waals surface area contributed by atoms with Crippen LogP contribution in [-0.2, 0) is 47.5 Å². The van der Waals surface area contributed by atoms with E-state index in [4.69, 9.17) is 66.3 Å². The van der Waals surface area contributed by atoms with Crippen LogP contribution in [0.4, 0.5) is 13.2 Å². The molecule has 0 saturated carbocycles. The van der Waals surface area contributed by atoms with Crippen LogP contribution in [0.5, 0.6) is 0 Å². The van der Waals surface area contributed by atoms with Crippen molar-refractivity contribution in [1.29, 1.82) is 0 Å². The maximum atomic E-state index is 11.3. The van der Waals surface area contributed by atoms with Gasteiger partial charge in [0.1, 0.15) is 48.0 Å². The molecule has 3 rings (SSSR count). The van der Waals surface area contributed by atoms with Crippen LogP contribution in [0.1, 0.15) is 0 Å². The largest absolute Gasteiger partial charge is 0.490 e. The quantitative estimate of drug-likeness (QED) is 0.275. The predicted octanol–water partition coefficient (Wildman–Crippen LogP) is 0.943. The Bertz CT molecular complexity index is 722. The first-order chi connectivity index (χ1) is 16.6. The fraction of sp³-hybridized carbons (Fsp3) is 0.833. The van der Waals surface area contributed by atoms with Gasteiger partial charge in [-0.25, -0.2) is 4.79 Å². The molecule has 0 radical (unpaired) electrons. The summed E-state index contributed by atoms with van der Waals surface area (Å²) in [6.07, 6.45) is -8.25. The Labute approximate surface area is 212 Å². The van der Waals surface area contributed by atoms with Crippen LogP contribution in [0.3, 0.4) is 0 Å². The normalized spacial score (nSPS) is 32.6. The van der Waals surface area contributed by atoms with Gasteiger partial charge >= 0.3 is 24.1 Å². The van der Waals surface area contributed by atoms with E-state index in [0.29, 0.717) is 0 Å². The summed E-state index contributed by atoms with van der Waals surface area (Å²) in [6, 6.07) is 0. The number of hydrogen-bond donors (Lipinski definition) is 3. The van der Waals surface area contributed by atoms with Crippen molar-refractivity contribution in [2.45, 2.75) is 42.5 Å². The molecular weight excluding hydrogens is 552 g/mol. The van der Waals surface area contributed by atoms with Gasteiger partial charge < -0.3 is 48.5 Å². The standard InChI is InChI=1S/C11H13ClO8.C5H11ClO3.C2HF3O2/c1-17-11(2-12)19-7-5-3(9(13)14)4(10(15)16)6(18-5)8(7)20-11;1-7-5(4-6,8-2)9-3;3-2(4,5)1(6)7/h3-8H,2H2,1H3,(H,13,14)(H,15,16);4H2,1-3H3;(H,6,7)/t3?,4?,5-,6?,7+,8?,11?;;/m0../s1. The van der Waals surface area contributed by atoms with E-state index < -0.39 is 72.3 Å². The first kappa shape index (κ1) is 32.5. The van der Waals surface area contributed by atoms with Gasteiger partial charge in [-0.3, -0.25) is 9.59 Å². The monoisotopic (exact) mass is 576 g/mol. The maximum Gasteiger partial charge on any atom is 0.490 e. The summed E-state index contributed by atoms with van der Waals surface area (Å²) in [5, 5.41) is 25.6. The lowest BCUT2D eigenvalue weighted by Gasteiger charge is -2.27. The number of fused-ring (bicyclic) bond motifs is 5. The van der Waals surface area contributed by atoms with Crippen LogP contribution < -0.4 is 0 Å². The van der Waals surface area contributed by atoms with Crippen molar-refractivity contribution in [3.05, 3.63) is 0 Å². The van der Waals surface area contributed by atoms with Gasteiger partial charge in [0.25, 0.3) is 11.9 Å². The average Bonchev–Trinajstić information content (AvgIpc) is 3.50. The topological polar surface area (TPSA) is 177 Å². The van der Waals surface area contributed by atoms with Gasteiger partial charge in [-0.2, -0.15) is 13.2 Å². The van der Waals surface area contributed by atoms with Crippen molar-refractivity contribution in [3.8, 4) is 0 Å². The van der Waals surface area contributed by atoms with Gasteiger partial charge in [-0.1, -0.05) is 0 Å². The Kier molecular flexibility index (Phi) is 11.6. The molecule has 0 aromatic rings. The van der Waals surface area contributed by atoms with Crippen LogP contribution in [0, 0.1) is 11.8 Å². The highest BCUT2D eigenvalue weighted by Gasteiger charge is 2.70. The Morgan fingerprint density at radius 1 is 0.833 bits per heavy atom. The average molecular weight is 577 g/mol. The fourth-order valence-corrected chi connectivity index (χ4v) is 4.19. The Morgan fingerprint density at radius 3 is 1.36 bits per heavy atom. The number of aliphatic carboxylic acids is 3. The summed E-state index contributed by atoms with van der Waals surface area (Å²) >= 11 is 11.2.